The zero-order valence-electron chi connectivity index (χ0n) is 14.0. The van der Waals surface area contributed by atoms with Crippen molar-refractivity contribution in [3.8, 4) is 0 Å². The molecule has 0 radical (unpaired) electrons. The highest BCUT2D eigenvalue weighted by Crippen LogP contribution is 2.30. The summed E-state index contributed by atoms with van der Waals surface area (Å²) in [5.74, 6) is -0.242. The molecule has 2 aromatic rings. The van der Waals surface area contributed by atoms with Crippen LogP contribution in [0.1, 0.15) is 41.0 Å². The molecule has 1 heterocycles. The Morgan fingerprint density at radius 3 is 2.62 bits per heavy atom. The molecule has 0 fully saturated rings. The number of hydrogen-bond donors (Lipinski definition) is 1. The van der Waals surface area contributed by atoms with E-state index in [4.69, 9.17) is 23.2 Å². The van der Waals surface area contributed by atoms with E-state index in [0.29, 0.717) is 21.3 Å². The van der Waals surface area contributed by atoms with Crippen LogP contribution in [0, 0.1) is 0 Å². The molecular weight excluding hydrogens is 343 g/mol. The number of rotatable bonds is 5. The number of aromatic nitrogens is 1. The van der Waals surface area contributed by atoms with Crippen LogP contribution in [0.15, 0.2) is 31.0 Å². The number of carbonyl (C=O) groups is 1. The Morgan fingerprint density at radius 2 is 2.04 bits per heavy atom. The summed E-state index contributed by atoms with van der Waals surface area (Å²) in [6.07, 6.45) is 8.06. The highest BCUT2D eigenvalue weighted by atomic mass is 35.5. The number of carbonyl (C=O) groups excluding carboxylic acids is 1. The van der Waals surface area contributed by atoms with Crippen LogP contribution in [0.2, 0.25) is 10.0 Å². The second kappa shape index (κ2) is 7.73. The molecule has 2 rings (SSSR count). The van der Waals surface area contributed by atoms with E-state index in [9.17, 15) is 4.79 Å². The van der Waals surface area contributed by atoms with Crippen molar-refractivity contribution >= 4 is 46.9 Å². The van der Waals surface area contributed by atoms with Crippen molar-refractivity contribution in [2.45, 2.75) is 20.3 Å². The summed E-state index contributed by atoms with van der Waals surface area (Å²) in [6, 6.07) is 3.47. The van der Waals surface area contributed by atoms with Gasteiger partial charge in [-0.25, -0.2) is 0 Å². The second-order valence-electron chi connectivity index (χ2n) is 5.39. The van der Waals surface area contributed by atoms with Gasteiger partial charge in [0.15, 0.2) is 0 Å². The molecule has 0 aliphatic heterocycles. The number of aryl methyl sites for hydroxylation is 2. The van der Waals surface area contributed by atoms with Gasteiger partial charge in [-0.15, -0.1) is 0 Å². The van der Waals surface area contributed by atoms with Crippen LogP contribution >= 0.6 is 23.2 Å². The molecule has 24 heavy (non-hydrogen) atoms. The fraction of sp³-hybridized carbons (Fsp3) is 0.211. The highest BCUT2D eigenvalue weighted by Gasteiger charge is 2.18. The van der Waals surface area contributed by atoms with Crippen LogP contribution < -0.4 is 5.32 Å². The lowest BCUT2D eigenvalue weighted by atomic mass is 10.1. The molecule has 1 N–H and O–H groups in total. The summed E-state index contributed by atoms with van der Waals surface area (Å²) in [5, 5.41) is 3.90. The first kappa shape index (κ1) is 18.4. The average molecular weight is 363 g/mol. The van der Waals surface area contributed by atoms with E-state index in [-0.39, 0.29) is 5.91 Å². The Balaban J connectivity index is 2.41. The second-order valence-corrected chi connectivity index (χ2v) is 6.20. The number of hydrogen-bond acceptors (Lipinski definition) is 1. The largest absolute Gasteiger partial charge is 0.350 e. The first-order chi connectivity index (χ1) is 11.4. The van der Waals surface area contributed by atoms with Gasteiger partial charge in [0.25, 0.3) is 5.91 Å². The molecule has 1 amide bonds. The zero-order valence-corrected chi connectivity index (χ0v) is 15.5. The highest BCUT2D eigenvalue weighted by molar-refractivity contribution is 6.36. The molecule has 0 spiro atoms. The van der Waals surface area contributed by atoms with Crippen LogP contribution in [-0.2, 0) is 13.5 Å². The van der Waals surface area contributed by atoms with E-state index >= 15 is 0 Å². The third kappa shape index (κ3) is 3.58. The number of nitrogens with one attached hydrogen (secondary N) is 1. The molecule has 0 saturated carbocycles. The molecule has 0 aliphatic carbocycles. The number of halogens is 2. The van der Waals surface area contributed by atoms with Crippen molar-refractivity contribution in [1.82, 2.24) is 4.57 Å². The molecule has 0 atom stereocenters. The van der Waals surface area contributed by atoms with Crippen LogP contribution in [0.5, 0.6) is 0 Å². The lowest BCUT2D eigenvalue weighted by Crippen LogP contribution is -2.13. The third-order valence-electron chi connectivity index (χ3n) is 3.81. The Labute approximate surface area is 152 Å². The predicted octanol–water partition coefficient (Wildman–Crippen LogP) is 5.82. The first-order valence-electron chi connectivity index (χ1n) is 7.66. The smallest absolute Gasteiger partial charge is 0.257 e. The lowest BCUT2D eigenvalue weighted by Gasteiger charge is -2.10. The van der Waals surface area contributed by atoms with E-state index in [1.807, 2.05) is 37.6 Å². The van der Waals surface area contributed by atoms with Crippen molar-refractivity contribution in [3.05, 3.63) is 63.4 Å². The standard InChI is InChI=1S/C19H20Cl2N2O/c1-5-8-13-14(11-23(4)18(13)7-3)19(24)22-17-10-15(20)12(6-2)9-16(17)21/h5,7-11H,3,6H2,1-2,4H3,(H,22,24)/b8-5+. The van der Waals surface area contributed by atoms with Crippen LogP contribution in [0.4, 0.5) is 5.69 Å². The molecule has 126 valence electrons. The van der Waals surface area contributed by atoms with E-state index in [0.717, 1.165) is 23.2 Å². The average Bonchev–Trinajstić information content (AvgIpc) is 2.86. The summed E-state index contributed by atoms with van der Waals surface area (Å²) in [6.45, 7) is 7.72. The van der Waals surface area contributed by atoms with Gasteiger partial charge in [-0.2, -0.15) is 0 Å². The normalized spacial score (nSPS) is 11.0. The molecule has 1 aromatic heterocycles. The van der Waals surface area contributed by atoms with E-state index < -0.39 is 0 Å². The number of benzene rings is 1. The van der Waals surface area contributed by atoms with Crippen molar-refractivity contribution in [1.29, 1.82) is 0 Å². The topological polar surface area (TPSA) is 34.0 Å². The maximum absolute atomic E-state index is 12.7. The Morgan fingerprint density at radius 1 is 1.33 bits per heavy atom. The fourth-order valence-corrected chi connectivity index (χ4v) is 3.11. The monoisotopic (exact) mass is 362 g/mol. The van der Waals surface area contributed by atoms with Crippen molar-refractivity contribution < 1.29 is 4.79 Å². The molecule has 0 unspecified atom stereocenters. The molecule has 0 bridgehead atoms. The molecule has 5 heteroatoms. The van der Waals surface area contributed by atoms with Gasteiger partial charge in [0.1, 0.15) is 0 Å². The minimum absolute atomic E-state index is 0.242. The molecule has 0 saturated heterocycles. The molecule has 1 aromatic carbocycles. The molecule has 3 nitrogen and oxygen atoms in total. The van der Waals surface area contributed by atoms with Crippen LogP contribution in [0.25, 0.3) is 12.2 Å². The third-order valence-corrected chi connectivity index (χ3v) is 4.47. The Hall–Kier alpha value is -1.97. The van der Waals surface area contributed by atoms with Gasteiger partial charge in [0.05, 0.1) is 16.3 Å². The molecule has 0 aliphatic rings. The van der Waals surface area contributed by atoms with Crippen LogP contribution in [-0.4, -0.2) is 10.5 Å². The van der Waals surface area contributed by atoms with Gasteiger partial charge in [-0.1, -0.05) is 48.9 Å². The fourth-order valence-electron chi connectivity index (χ4n) is 2.58. The Bertz CT molecular complexity index is 819. The van der Waals surface area contributed by atoms with Gasteiger partial charge >= 0.3 is 0 Å². The maximum atomic E-state index is 12.7. The zero-order chi connectivity index (χ0) is 17.9. The van der Waals surface area contributed by atoms with Gasteiger partial charge in [0.2, 0.25) is 0 Å². The minimum atomic E-state index is -0.242. The summed E-state index contributed by atoms with van der Waals surface area (Å²) in [5.41, 5.74) is 3.70. The van der Waals surface area contributed by atoms with E-state index in [1.165, 1.54) is 0 Å². The summed E-state index contributed by atoms with van der Waals surface area (Å²) in [7, 11) is 1.88. The number of amides is 1. The van der Waals surface area contributed by atoms with E-state index in [1.54, 1.807) is 24.4 Å². The van der Waals surface area contributed by atoms with Gasteiger partial charge in [-0.05, 0) is 37.1 Å². The van der Waals surface area contributed by atoms with Crippen LogP contribution in [0.3, 0.4) is 0 Å². The van der Waals surface area contributed by atoms with Gasteiger partial charge in [-0.3, -0.25) is 4.79 Å². The summed E-state index contributed by atoms with van der Waals surface area (Å²) in [4.78, 5) is 12.7. The van der Waals surface area contributed by atoms with Gasteiger partial charge in [0, 0.05) is 29.5 Å². The van der Waals surface area contributed by atoms with Crippen molar-refractivity contribution in [2.75, 3.05) is 5.32 Å². The minimum Gasteiger partial charge on any atom is -0.350 e. The maximum Gasteiger partial charge on any atom is 0.257 e. The van der Waals surface area contributed by atoms with Crippen molar-refractivity contribution in [3.63, 3.8) is 0 Å². The van der Waals surface area contributed by atoms with Crippen molar-refractivity contribution in [2.24, 2.45) is 7.05 Å². The summed E-state index contributed by atoms with van der Waals surface area (Å²) < 4.78 is 1.87. The lowest BCUT2D eigenvalue weighted by molar-refractivity contribution is 0.102. The van der Waals surface area contributed by atoms with Gasteiger partial charge < -0.3 is 9.88 Å². The number of anilines is 1. The Kier molecular flexibility index (Phi) is 5.92. The quantitative estimate of drug-likeness (QED) is 0.713. The SMILES string of the molecule is C=Cc1c(/C=C/C)c(C(=O)Nc2cc(Cl)c(CC)cc2Cl)cn1C. The molecular formula is C19H20Cl2N2O. The number of allylic oxidation sites excluding steroid dienone is 1. The predicted molar refractivity (Wildman–Crippen MR) is 104 cm³/mol. The summed E-state index contributed by atoms with van der Waals surface area (Å²) >= 11 is 12.5. The number of nitrogens with zero attached hydrogens (tertiary/aromatic N) is 1. The first-order valence-corrected chi connectivity index (χ1v) is 8.42. The van der Waals surface area contributed by atoms with E-state index in [2.05, 4.69) is 11.9 Å².